The van der Waals surface area contributed by atoms with Crippen molar-refractivity contribution in [1.82, 2.24) is 5.32 Å². The molecule has 1 rings (SSSR count). The minimum atomic E-state index is 0.847. The highest BCUT2D eigenvalue weighted by Crippen LogP contribution is 2.11. The van der Waals surface area contributed by atoms with E-state index in [1.807, 2.05) is 0 Å². The summed E-state index contributed by atoms with van der Waals surface area (Å²) in [7, 11) is 0. The molecule has 0 saturated carbocycles. The summed E-state index contributed by atoms with van der Waals surface area (Å²) in [6, 6.07) is 8.98. The van der Waals surface area contributed by atoms with Gasteiger partial charge >= 0.3 is 0 Å². The Balaban J connectivity index is 2.26. The number of rotatable bonds is 9. The highest BCUT2D eigenvalue weighted by Gasteiger charge is 2.04. The van der Waals surface area contributed by atoms with Crippen LogP contribution in [0.4, 0.5) is 0 Å². The average molecular weight is 247 g/mol. The zero-order valence-corrected chi connectivity index (χ0v) is 12.3. The third kappa shape index (κ3) is 5.68. The molecule has 0 spiro atoms. The lowest BCUT2D eigenvalue weighted by atomic mass is 9.99. The third-order valence-corrected chi connectivity index (χ3v) is 3.74. The summed E-state index contributed by atoms with van der Waals surface area (Å²) >= 11 is 0. The Morgan fingerprint density at radius 1 is 1.00 bits per heavy atom. The van der Waals surface area contributed by atoms with Gasteiger partial charge in [-0.1, -0.05) is 64.3 Å². The molecule has 0 bridgehead atoms. The molecule has 0 aliphatic rings. The molecule has 1 atom stereocenters. The fourth-order valence-corrected chi connectivity index (χ4v) is 2.26. The predicted molar refractivity (Wildman–Crippen MR) is 80.8 cm³/mol. The Morgan fingerprint density at radius 3 is 2.22 bits per heavy atom. The first kappa shape index (κ1) is 15.2. The molecule has 1 aromatic carbocycles. The van der Waals surface area contributed by atoms with Crippen LogP contribution >= 0.6 is 0 Å². The van der Waals surface area contributed by atoms with Crippen molar-refractivity contribution in [3.05, 3.63) is 35.4 Å². The maximum atomic E-state index is 3.60. The van der Waals surface area contributed by atoms with E-state index in [4.69, 9.17) is 0 Å². The van der Waals surface area contributed by atoms with Gasteiger partial charge in [0.25, 0.3) is 0 Å². The minimum absolute atomic E-state index is 0.847. The van der Waals surface area contributed by atoms with Crippen LogP contribution in [0.1, 0.15) is 57.6 Å². The van der Waals surface area contributed by atoms with E-state index in [1.165, 1.54) is 36.8 Å². The van der Waals surface area contributed by atoms with Crippen molar-refractivity contribution in [2.24, 2.45) is 5.92 Å². The maximum Gasteiger partial charge on any atom is 0.0205 e. The summed E-state index contributed by atoms with van der Waals surface area (Å²) in [6.07, 6.45) is 6.47. The first-order valence-electron chi connectivity index (χ1n) is 7.58. The van der Waals surface area contributed by atoms with Gasteiger partial charge in [-0.3, -0.25) is 0 Å². The molecule has 1 heteroatoms. The van der Waals surface area contributed by atoms with Crippen LogP contribution in [0.3, 0.4) is 0 Å². The molecule has 1 nitrogen and oxygen atoms in total. The molecular formula is C17H29N. The maximum absolute atomic E-state index is 3.60. The van der Waals surface area contributed by atoms with Crippen molar-refractivity contribution in [3.8, 4) is 0 Å². The number of unbranched alkanes of at least 4 members (excludes halogenated alkanes) is 1. The van der Waals surface area contributed by atoms with Crippen LogP contribution in [0.2, 0.25) is 0 Å². The van der Waals surface area contributed by atoms with Crippen molar-refractivity contribution >= 4 is 0 Å². The number of benzene rings is 1. The number of hydrogen-bond donors (Lipinski definition) is 1. The molecule has 18 heavy (non-hydrogen) atoms. The molecule has 1 N–H and O–H groups in total. The Kier molecular flexibility index (Phi) is 7.75. The number of hydrogen-bond acceptors (Lipinski definition) is 1. The Bertz CT molecular complexity index is 302. The summed E-state index contributed by atoms with van der Waals surface area (Å²) in [4.78, 5) is 0. The quantitative estimate of drug-likeness (QED) is 0.675. The van der Waals surface area contributed by atoms with E-state index in [9.17, 15) is 0 Å². The summed E-state index contributed by atoms with van der Waals surface area (Å²) in [6.45, 7) is 8.94. The van der Waals surface area contributed by atoms with E-state index in [0.717, 1.165) is 25.4 Å². The van der Waals surface area contributed by atoms with Crippen LogP contribution in [-0.2, 0) is 13.0 Å². The second-order valence-corrected chi connectivity index (χ2v) is 5.22. The zero-order chi connectivity index (χ0) is 13.2. The van der Waals surface area contributed by atoms with Crippen molar-refractivity contribution in [2.75, 3.05) is 6.54 Å². The highest BCUT2D eigenvalue weighted by molar-refractivity contribution is 5.22. The molecule has 0 aliphatic carbocycles. The van der Waals surface area contributed by atoms with E-state index in [1.54, 1.807) is 0 Å². The van der Waals surface area contributed by atoms with Gasteiger partial charge in [0.05, 0.1) is 0 Å². The molecular weight excluding hydrogens is 218 g/mol. The van der Waals surface area contributed by atoms with E-state index < -0.39 is 0 Å². The zero-order valence-electron chi connectivity index (χ0n) is 12.3. The lowest BCUT2D eigenvalue weighted by Crippen LogP contribution is -2.22. The smallest absolute Gasteiger partial charge is 0.0205 e. The van der Waals surface area contributed by atoms with Gasteiger partial charge in [-0.15, -0.1) is 0 Å². The summed E-state index contributed by atoms with van der Waals surface area (Å²) in [5.41, 5.74) is 2.82. The van der Waals surface area contributed by atoms with Gasteiger partial charge in [0.2, 0.25) is 0 Å². The van der Waals surface area contributed by atoms with E-state index >= 15 is 0 Å². The summed E-state index contributed by atoms with van der Waals surface area (Å²) < 4.78 is 0. The van der Waals surface area contributed by atoms with Gasteiger partial charge in [0.1, 0.15) is 0 Å². The number of aryl methyl sites for hydroxylation is 1. The topological polar surface area (TPSA) is 12.0 Å². The fraction of sp³-hybridized carbons (Fsp3) is 0.647. The second kappa shape index (κ2) is 9.16. The highest BCUT2D eigenvalue weighted by atomic mass is 14.9. The van der Waals surface area contributed by atoms with Crippen LogP contribution in [0.15, 0.2) is 24.3 Å². The monoisotopic (exact) mass is 247 g/mol. The van der Waals surface area contributed by atoms with Crippen molar-refractivity contribution in [1.29, 1.82) is 0 Å². The fourth-order valence-electron chi connectivity index (χ4n) is 2.26. The summed E-state index contributed by atoms with van der Waals surface area (Å²) in [5, 5.41) is 3.60. The molecule has 0 aliphatic heterocycles. The molecule has 0 heterocycles. The average Bonchev–Trinajstić information content (AvgIpc) is 2.43. The molecule has 0 aromatic heterocycles. The molecule has 1 aromatic rings. The van der Waals surface area contributed by atoms with Crippen LogP contribution in [0.25, 0.3) is 0 Å². The van der Waals surface area contributed by atoms with Crippen LogP contribution in [0.5, 0.6) is 0 Å². The van der Waals surface area contributed by atoms with Gasteiger partial charge in [-0.2, -0.15) is 0 Å². The molecule has 0 saturated heterocycles. The molecule has 1 unspecified atom stereocenters. The molecule has 0 radical (unpaired) electrons. The first-order valence-corrected chi connectivity index (χ1v) is 7.58. The molecule has 102 valence electrons. The van der Waals surface area contributed by atoms with Gasteiger partial charge in [-0.25, -0.2) is 0 Å². The predicted octanol–water partition coefficient (Wildman–Crippen LogP) is 4.56. The van der Waals surface area contributed by atoms with Crippen LogP contribution in [-0.4, -0.2) is 6.54 Å². The normalized spacial score (nSPS) is 12.6. The molecule has 0 fully saturated rings. The minimum Gasteiger partial charge on any atom is -0.312 e. The second-order valence-electron chi connectivity index (χ2n) is 5.22. The Labute approximate surface area is 113 Å². The van der Waals surface area contributed by atoms with Crippen molar-refractivity contribution in [2.45, 2.75) is 59.4 Å². The SMILES string of the molecule is CCCCC(CC)CNCc1ccc(CC)cc1. The lowest BCUT2D eigenvalue weighted by Gasteiger charge is -2.15. The first-order chi connectivity index (χ1) is 8.80. The van der Waals surface area contributed by atoms with Gasteiger partial charge in [0.15, 0.2) is 0 Å². The Hall–Kier alpha value is -0.820. The van der Waals surface area contributed by atoms with Crippen molar-refractivity contribution in [3.63, 3.8) is 0 Å². The van der Waals surface area contributed by atoms with E-state index in [2.05, 4.69) is 50.4 Å². The van der Waals surface area contributed by atoms with Gasteiger partial charge in [-0.05, 0) is 36.4 Å². The lowest BCUT2D eigenvalue weighted by molar-refractivity contribution is 0.419. The summed E-state index contributed by atoms with van der Waals surface area (Å²) in [5.74, 6) is 0.847. The van der Waals surface area contributed by atoms with Crippen LogP contribution in [0, 0.1) is 5.92 Å². The van der Waals surface area contributed by atoms with E-state index in [0.29, 0.717) is 0 Å². The Morgan fingerprint density at radius 2 is 1.67 bits per heavy atom. The van der Waals surface area contributed by atoms with Gasteiger partial charge in [0, 0.05) is 6.54 Å². The van der Waals surface area contributed by atoms with Crippen molar-refractivity contribution < 1.29 is 0 Å². The van der Waals surface area contributed by atoms with Crippen LogP contribution < -0.4 is 5.32 Å². The largest absolute Gasteiger partial charge is 0.312 e. The van der Waals surface area contributed by atoms with E-state index in [-0.39, 0.29) is 0 Å². The standard InChI is InChI=1S/C17H29N/c1-4-7-8-16(6-3)13-18-14-17-11-9-15(5-2)10-12-17/h9-12,16,18H,4-8,13-14H2,1-3H3. The van der Waals surface area contributed by atoms with Gasteiger partial charge < -0.3 is 5.32 Å². The number of nitrogens with one attached hydrogen (secondary N) is 1. The third-order valence-electron chi connectivity index (χ3n) is 3.74. The molecule has 0 amide bonds.